The molecule has 8 heteroatoms. The molecule has 3 N–H and O–H groups in total. The van der Waals surface area contributed by atoms with Gasteiger partial charge in [-0.1, -0.05) is 0 Å². The first-order valence-corrected chi connectivity index (χ1v) is 5.04. The average Bonchev–Trinajstić information content (AvgIpc) is 2.60. The summed E-state index contributed by atoms with van der Waals surface area (Å²) < 4.78 is 0. The van der Waals surface area contributed by atoms with E-state index < -0.39 is 29.7 Å². The fraction of sp³-hybridized carbons (Fsp3) is 0.300. The van der Waals surface area contributed by atoms with Crippen molar-refractivity contribution in [3.05, 3.63) is 12.2 Å². The van der Waals surface area contributed by atoms with Crippen LogP contribution in [0.5, 0.6) is 0 Å². The highest BCUT2D eigenvalue weighted by molar-refractivity contribution is 6.38. The maximum absolute atomic E-state index is 11.5. The lowest BCUT2D eigenvalue weighted by Crippen LogP contribution is -2.45. The molecule has 0 aromatic carbocycles. The van der Waals surface area contributed by atoms with Gasteiger partial charge in [-0.3, -0.25) is 19.2 Å². The minimum Gasteiger partial charge on any atom is -0.368 e. The smallest absolute Gasteiger partial charge is 0.274 e. The van der Waals surface area contributed by atoms with Crippen LogP contribution in [0.3, 0.4) is 0 Å². The summed E-state index contributed by atoms with van der Waals surface area (Å²) in [5, 5.41) is 6.40. The van der Waals surface area contributed by atoms with Crippen LogP contribution < -0.4 is 11.1 Å². The van der Waals surface area contributed by atoms with Gasteiger partial charge in [0.25, 0.3) is 17.7 Å². The maximum Gasteiger partial charge on any atom is 0.274 e. The Morgan fingerprint density at radius 1 is 1.33 bits per heavy atom. The molecule has 0 aromatic rings. The molecule has 0 bridgehead atoms. The minimum atomic E-state index is -0.870. The van der Waals surface area contributed by atoms with Crippen LogP contribution in [0.2, 0.25) is 0 Å². The largest absolute Gasteiger partial charge is 0.368 e. The third-order valence-electron chi connectivity index (χ3n) is 2.14. The number of hydrazone groups is 1. The zero-order valence-corrected chi connectivity index (χ0v) is 9.84. The van der Waals surface area contributed by atoms with Gasteiger partial charge in [0.05, 0.1) is 0 Å². The summed E-state index contributed by atoms with van der Waals surface area (Å²) in [6, 6.07) is -0.870. The predicted molar refractivity (Wildman–Crippen MR) is 60.9 cm³/mol. The van der Waals surface area contributed by atoms with Crippen LogP contribution in [0, 0.1) is 0 Å². The monoisotopic (exact) mass is 252 g/mol. The van der Waals surface area contributed by atoms with E-state index in [2.05, 4.69) is 10.4 Å². The molecule has 0 radical (unpaired) electrons. The number of primary amides is 1. The third kappa shape index (κ3) is 3.00. The van der Waals surface area contributed by atoms with Gasteiger partial charge in [0.2, 0.25) is 5.91 Å². The Bertz CT molecular complexity index is 462. The molecule has 0 unspecified atom stereocenters. The van der Waals surface area contributed by atoms with E-state index in [1.165, 1.54) is 13.8 Å². The van der Waals surface area contributed by atoms with E-state index in [0.717, 1.165) is 12.2 Å². The first-order valence-electron chi connectivity index (χ1n) is 5.04. The Labute approximate surface area is 102 Å². The molecule has 1 rings (SSSR count). The van der Waals surface area contributed by atoms with Crippen molar-refractivity contribution in [3.63, 3.8) is 0 Å². The van der Waals surface area contributed by atoms with Gasteiger partial charge >= 0.3 is 0 Å². The van der Waals surface area contributed by atoms with E-state index in [0.29, 0.717) is 5.01 Å². The first kappa shape index (κ1) is 13.6. The summed E-state index contributed by atoms with van der Waals surface area (Å²) in [7, 11) is 0. The number of carbonyl (C=O) groups is 4. The molecular formula is C10H12N4O4. The molecule has 4 amide bonds. The summed E-state index contributed by atoms with van der Waals surface area (Å²) in [4.78, 5) is 44.6. The highest BCUT2D eigenvalue weighted by atomic mass is 16.2. The number of rotatable bonds is 4. The van der Waals surface area contributed by atoms with Crippen molar-refractivity contribution in [1.82, 2.24) is 10.3 Å². The number of hydrogen-bond acceptors (Lipinski definition) is 5. The number of nitrogens with one attached hydrogen (secondary N) is 1. The van der Waals surface area contributed by atoms with Crippen molar-refractivity contribution in [2.24, 2.45) is 10.8 Å². The van der Waals surface area contributed by atoms with Crippen molar-refractivity contribution >= 4 is 29.3 Å². The van der Waals surface area contributed by atoms with Gasteiger partial charge in [0.1, 0.15) is 11.8 Å². The van der Waals surface area contributed by atoms with Crippen LogP contribution in [0.1, 0.15) is 13.8 Å². The standard InChI is InChI=1S/C10H12N4O4/c1-5(9(11)17)12-10(18)6(2)13-14-7(15)3-4-8(14)16/h3-5H,1-2H3,(H2,11,17)(H,12,18)/b13-6+/t5-/m0/s1. The molecule has 0 aliphatic carbocycles. The molecule has 0 fully saturated rings. The van der Waals surface area contributed by atoms with E-state index in [4.69, 9.17) is 5.73 Å². The Morgan fingerprint density at radius 2 is 1.83 bits per heavy atom. The Morgan fingerprint density at radius 3 is 2.28 bits per heavy atom. The fourth-order valence-corrected chi connectivity index (χ4v) is 1.06. The number of carbonyl (C=O) groups excluding carboxylic acids is 4. The lowest BCUT2D eigenvalue weighted by atomic mass is 10.3. The van der Waals surface area contributed by atoms with Crippen molar-refractivity contribution in [3.8, 4) is 0 Å². The van der Waals surface area contributed by atoms with Crippen molar-refractivity contribution < 1.29 is 19.2 Å². The lowest BCUT2D eigenvalue weighted by molar-refractivity contribution is -0.136. The second-order valence-electron chi connectivity index (χ2n) is 3.60. The molecule has 1 aliphatic heterocycles. The van der Waals surface area contributed by atoms with Gasteiger partial charge in [0, 0.05) is 12.2 Å². The average molecular weight is 252 g/mol. The van der Waals surface area contributed by atoms with Crippen LogP contribution in [-0.2, 0) is 19.2 Å². The van der Waals surface area contributed by atoms with E-state index in [-0.39, 0.29) is 5.71 Å². The molecule has 0 saturated carbocycles. The normalized spacial score (nSPS) is 17.0. The zero-order valence-electron chi connectivity index (χ0n) is 9.84. The van der Waals surface area contributed by atoms with Gasteiger partial charge < -0.3 is 11.1 Å². The summed E-state index contributed by atoms with van der Waals surface area (Å²) in [6.07, 6.45) is 2.09. The highest BCUT2D eigenvalue weighted by Crippen LogP contribution is 2.04. The fourth-order valence-electron chi connectivity index (χ4n) is 1.06. The topological polar surface area (TPSA) is 122 Å². The lowest BCUT2D eigenvalue weighted by Gasteiger charge is -2.11. The highest BCUT2D eigenvalue weighted by Gasteiger charge is 2.24. The Balaban J connectivity index is 2.72. The van der Waals surface area contributed by atoms with Gasteiger partial charge in [-0.25, -0.2) is 0 Å². The van der Waals surface area contributed by atoms with Crippen molar-refractivity contribution in [2.45, 2.75) is 19.9 Å². The third-order valence-corrected chi connectivity index (χ3v) is 2.14. The second-order valence-corrected chi connectivity index (χ2v) is 3.60. The molecule has 1 heterocycles. The molecule has 1 atom stereocenters. The number of hydrogen-bond donors (Lipinski definition) is 2. The summed E-state index contributed by atoms with van der Waals surface area (Å²) in [5.74, 6) is -2.65. The summed E-state index contributed by atoms with van der Waals surface area (Å²) >= 11 is 0. The van der Waals surface area contributed by atoms with Crippen LogP contribution in [0.25, 0.3) is 0 Å². The minimum absolute atomic E-state index is 0.131. The van der Waals surface area contributed by atoms with Crippen molar-refractivity contribution in [2.75, 3.05) is 0 Å². The summed E-state index contributed by atoms with van der Waals surface area (Å²) in [5.41, 5.74) is 4.84. The molecule has 8 nitrogen and oxygen atoms in total. The molecule has 1 aliphatic rings. The number of amides is 4. The number of imide groups is 1. The summed E-state index contributed by atoms with van der Waals surface area (Å²) in [6.45, 7) is 2.71. The number of nitrogens with two attached hydrogens (primary N) is 1. The van der Waals surface area contributed by atoms with Crippen molar-refractivity contribution in [1.29, 1.82) is 0 Å². The number of nitrogens with zero attached hydrogens (tertiary/aromatic N) is 2. The van der Waals surface area contributed by atoms with E-state index in [1.54, 1.807) is 0 Å². The van der Waals surface area contributed by atoms with Gasteiger partial charge in [-0.15, -0.1) is 0 Å². The second kappa shape index (κ2) is 5.21. The molecule has 96 valence electrons. The van der Waals surface area contributed by atoms with E-state index in [1.807, 2.05) is 0 Å². The molecular weight excluding hydrogens is 240 g/mol. The van der Waals surface area contributed by atoms with E-state index >= 15 is 0 Å². The van der Waals surface area contributed by atoms with E-state index in [9.17, 15) is 19.2 Å². The molecule has 0 spiro atoms. The maximum atomic E-state index is 11.5. The molecule has 0 saturated heterocycles. The first-order chi connectivity index (χ1) is 8.32. The van der Waals surface area contributed by atoms with Crippen LogP contribution >= 0.6 is 0 Å². The van der Waals surface area contributed by atoms with Crippen LogP contribution in [0.4, 0.5) is 0 Å². The van der Waals surface area contributed by atoms with Crippen LogP contribution in [-0.4, -0.2) is 40.4 Å². The predicted octanol–water partition coefficient (Wildman–Crippen LogP) is -1.72. The zero-order chi connectivity index (χ0) is 13.9. The molecule has 18 heavy (non-hydrogen) atoms. The molecule has 0 aromatic heterocycles. The SMILES string of the molecule is C/C(=N\N1C(=O)C=CC1=O)C(=O)N[C@@H](C)C(N)=O. The van der Waals surface area contributed by atoms with Gasteiger partial charge in [-0.2, -0.15) is 10.1 Å². The Kier molecular flexibility index (Phi) is 3.93. The quantitative estimate of drug-likeness (QED) is 0.456. The van der Waals surface area contributed by atoms with Gasteiger partial charge in [-0.05, 0) is 13.8 Å². The van der Waals surface area contributed by atoms with Gasteiger partial charge in [0.15, 0.2) is 0 Å². The Hall–Kier alpha value is -2.51. The van der Waals surface area contributed by atoms with Crippen LogP contribution in [0.15, 0.2) is 17.3 Å².